The van der Waals surface area contributed by atoms with Crippen molar-refractivity contribution in [3.05, 3.63) is 59.7 Å². The molecule has 0 bridgehead atoms. The quantitative estimate of drug-likeness (QED) is 0.844. The molecule has 1 unspecified atom stereocenters. The predicted molar refractivity (Wildman–Crippen MR) is 98.1 cm³/mol. The van der Waals surface area contributed by atoms with Crippen molar-refractivity contribution >= 4 is 10.0 Å². The van der Waals surface area contributed by atoms with Crippen LogP contribution in [0.4, 0.5) is 8.78 Å². The number of nitrogens with zero attached hydrogens (tertiary/aromatic N) is 1. The van der Waals surface area contributed by atoms with Crippen molar-refractivity contribution in [3.8, 4) is 5.75 Å². The second-order valence-corrected chi connectivity index (χ2v) is 8.59. The first-order valence-electron chi connectivity index (χ1n) is 8.73. The van der Waals surface area contributed by atoms with Crippen molar-refractivity contribution in [2.45, 2.75) is 30.9 Å². The van der Waals surface area contributed by atoms with Crippen molar-refractivity contribution in [2.24, 2.45) is 0 Å². The maximum Gasteiger partial charge on any atom is 0.243 e. The van der Waals surface area contributed by atoms with Crippen LogP contribution in [0.2, 0.25) is 0 Å². The molecule has 2 aromatic rings. The standard InChI is InChI=1S/C19H22F2N2O3S/c1-13(2)26-19-6-4-3-5-15(19)18-12-23(10-9-22-18)27(24,25)14-7-8-16(20)17(21)11-14/h3-8,11,13,18,22H,9-10,12H2,1-2H3. The van der Waals surface area contributed by atoms with Crippen molar-refractivity contribution < 1.29 is 21.9 Å². The lowest BCUT2D eigenvalue weighted by molar-refractivity contribution is 0.232. The summed E-state index contributed by atoms with van der Waals surface area (Å²) in [7, 11) is -3.93. The van der Waals surface area contributed by atoms with Crippen LogP contribution in [-0.2, 0) is 10.0 Å². The Hall–Kier alpha value is -2.03. The normalized spacial score (nSPS) is 18.6. The van der Waals surface area contributed by atoms with Crippen LogP contribution >= 0.6 is 0 Å². The molecule has 0 saturated carbocycles. The molecule has 1 atom stereocenters. The highest BCUT2D eigenvalue weighted by atomic mass is 32.2. The summed E-state index contributed by atoms with van der Waals surface area (Å²) >= 11 is 0. The third kappa shape index (κ3) is 4.28. The minimum Gasteiger partial charge on any atom is -0.491 e. The zero-order valence-electron chi connectivity index (χ0n) is 15.2. The van der Waals surface area contributed by atoms with Gasteiger partial charge in [-0.05, 0) is 38.1 Å². The fraction of sp³-hybridized carbons (Fsp3) is 0.368. The highest BCUT2D eigenvalue weighted by molar-refractivity contribution is 7.89. The van der Waals surface area contributed by atoms with Crippen LogP contribution in [0.25, 0.3) is 0 Å². The van der Waals surface area contributed by atoms with Gasteiger partial charge in [0.1, 0.15) is 5.75 Å². The molecule has 0 aromatic heterocycles. The Morgan fingerprint density at radius 3 is 2.59 bits per heavy atom. The van der Waals surface area contributed by atoms with Crippen LogP contribution in [0.3, 0.4) is 0 Å². The topological polar surface area (TPSA) is 58.6 Å². The van der Waals surface area contributed by atoms with E-state index in [0.29, 0.717) is 12.3 Å². The number of benzene rings is 2. The smallest absolute Gasteiger partial charge is 0.243 e. The molecule has 5 nitrogen and oxygen atoms in total. The van der Waals surface area contributed by atoms with E-state index >= 15 is 0 Å². The summed E-state index contributed by atoms with van der Waals surface area (Å²) in [5.41, 5.74) is 0.858. The second kappa shape index (κ2) is 7.92. The number of ether oxygens (including phenoxy) is 1. The number of nitrogens with one attached hydrogen (secondary N) is 1. The molecule has 0 amide bonds. The minimum atomic E-state index is -3.93. The van der Waals surface area contributed by atoms with E-state index in [2.05, 4.69) is 5.32 Å². The molecule has 146 valence electrons. The van der Waals surface area contributed by atoms with Crippen molar-refractivity contribution in [3.63, 3.8) is 0 Å². The highest BCUT2D eigenvalue weighted by Gasteiger charge is 2.32. The minimum absolute atomic E-state index is 0.0169. The number of hydrogen-bond acceptors (Lipinski definition) is 4. The fourth-order valence-corrected chi connectivity index (χ4v) is 4.53. The summed E-state index contributed by atoms with van der Waals surface area (Å²) in [6, 6.07) is 9.83. The van der Waals surface area contributed by atoms with Crippen LogP contribution in [0.1, 0.15) is 25.5 Å². The SMILES string of the molecule is CC(C)Oc1ccccc1C1CN(S(=O)(=O)c2ccc(F)c(F)c2)CCN1. The van der Waals surface area contributed by atoms with Crippen molar-refractivity contribution in [1.29, 1.82) is 0 Å². The molecule has 1 heterocycles. The summed E-state index contributed by atoms with van der Waals surface area (Å²) in [5, 5.41) is 3.30. The molecular weight excluding hydrogens is 374 g/mol. The molecule has 1 N–H and O–H groups in total. The lowest BCUT2D eigenvalue weighted by Crippen LogP contribution is -2.48. The average molecular weight is 396 g/mol. The van der Waals surface area contributed by atoms with Gasteiger partial charge in [-0.2, -0.15) is 4.31 Å². The third-order valence-electron chi connectivity index (χ3n) is 4.32. The molecule has 0 spiro atoms. The molecule has 0 radical (unpaired) electrons. The van der Waals surface area contributed by atoms with Gasteiger partial charge in [0.05, 0.1) is 11.0 Å². The lowest BCUT2D eigenvalue weighted by Gasteiger charge is -2.34. The molecule has 1 fully saturated rings. The average Bonchev–Trinajstić information content (AvgIpc) is 2.64. The number of hydrogen-bond donors (Lipinski definition) is 1. The zero-order valence-corrected chi connectivity index (χ0v) is 16.0. The number of piperazine rings is 1. The molecule has 1 aliphatic heterocycles. The van der Waals surface area contributed by atoms with Crippen LogP contribution < -0.4 is 10.1 Å². The summed E-state index contributed by atoms with van der Waals surface area (Å²) in [4.78, 5) is -0.256. The Morgan fingerprint density at radius 1 is 1.15 bits per heavy atom. The first-order valence-corrected chi connectivity index (χ1v) is 10.2. The Kier molecular flexibility index (Phi) is 5.78. The Morgan fingerprint density at radius 2 is 1.89 bits per heavy atom. The Balaban J connectivity index is 1.87. The third-order valence-corrected chi connectivity index (χ3v) is 6.19. The fourth-order valence-electron chi connectivity index (χ4n) is 3.07. The molecule has 27 heavy (non-hydrogen) atoms. The van der Waals surface area contributed by atoms with Crippen LogP contribution in [0, 0.1) is 11.6 Å². The Bertz CT molecular complexity index is 919. The number of sulfonamides is 1. The van der Waals surface area contributed by atoms with E-state index in [1.807, 2.05) is 38.1 Å². The predicted octanol–water partition coefficient (Wildman–Crippen LogP) is 3.09. The molecule has 2 aromatic carbocycles. The first-order chi connectivity index (χ1) is 12.8. The Labute approximate surface area is 158 Å². The molecule has 8 heteroatoms. The molecular formula is C19H22F2N2O3S. The van der Waals surface area contributed by atoms with E-state index in [-0.39, 0.29) is 30.1 Å². The highest BCUT2D eigenvalue weighted by Crippen LogP contribution is 2.30. The van der Waals surface area contributed by atoms with Gasteiger partial charge >= 0.3 is 0 Å². The van der Waals surface area contributed by atoms with Gasteiger partial charge in [0.25, 0.3) is 0 Å². The van der Waals surface area contributed by atoms with E-state index in [4.69, 9.17) is 4.74 Å². The van der Waals surface area contributed by atoms with Crippen LogP contribution in [0.15, 0.2) is 47.4 Å². The molecule has 1 aliphatic rings. The van der Waals surface area contributed by atoms with Gasteiger partial charge in [-0.25, -0.2) is 17.2 Å². The zero-order chi connectivity index (χ0) is 19.6. The van der Waals surface area contributed by atoms with E-state index < -0.39 is 21.7 Å². The van der Waals surface area contributed by atoms with Gasteiger partial charge in [0, 0.05) is 31.2 Å². The molecule has 3 rings (SSSR count). The summed E-state index contributed by atoms with van der Waals surface area (Å²) in [6.45, 7) is 4.68. The summed E-state index contributed by atoms with van der Waals surface area (Å²) < 4.78 is 59.5. The monoisotopic (exact) mass is 396 g/mol. The van der Waals surface area contributed by atoms with Crippen molar-refractivity contribution in [2.75, 3.05) is 19.6 Å². The summed E-state index contributed by atoms with van der Waals surface area (Å²) in [5.74, 6) is -1.57. The van der Waals surface area contributed by atoms with E-state index in [0.717, 1.165) is 23.8 Å². The maximum atomic E-state index is 13.5. The van der Waals surface area contributed by atoms with Gasteiger partial charge < -0.3 is 10.1 Å². The second-order valence-electron chi connectivity index (χ2n) is 6.65. The van der Waals surface area contributed by atoms with E-state index in [1.165, 1.54) is 4.31 Å². The van der Waals surface area contributed by atoms with Crippen LogP contribution in [0.5, 0.6) is 5.75 Å². The first kappa shape index (κ1) is 19.7. The van der Waals surface area contributed by atoms with E-state index in [9.17, 15) is 17.2 Å². The van der Waals surface area contributed by atoms with Gasteiger partial charge in [-0.3, -0.25) is 0 Å². The van der Waals surface area contributed by atoms with E-state index in [1.54, 1.807) is 0 Å². The lowest BCUT2D eigenvalue weighted by atomic mass is 10.0. The molecule has 1 saturated heterocycles. The maximum absolute atomic E-state index is 13.5. The van der Waals surface area contributed by atoms with Gasteiger partial charge in [0.15, 0.2) is 11.6 Å². The molecule has 0 aliphatic carbocycles. The number of rotatable bonds is 5. The van der Waals surface area contributed by atoms with Gasteiger partial charge in [0.2, 0.25) is 10.0 Å². The number of halogens is 2. The van der Waals surface area contributed by atoms with Crippen molar-refractivity contribution in [1.82, 2.24) is 9.62 Å². The number of para-hydroxylation sites is 1. The van der Waals surface area contributed by atoms with Gasteiger partial charge in [-0.1, -0.05) is 18.2 Å². The largest absolute Gasteiger partial charge is 0.491 e. The summed E-state index contributed by atoms with van der Waals surface area (Å²) in [6.07, 6.45) is -0.0169. The van der Waals surface area contributed by atoms with Crippen LogP contribution in [-0.4, -0.2) is 38.5 Å². The van der Waals surface area contributed by atoms with Gasteiger partial charge in [-0.15, -0.1) is 0 Å².